The highest BCUT2D eigenvalue weighted by Crippen LogP contribution is 2.43. The molecule has 114 valence electrons. The molecule has 0 amide bonds. The van der Waals surface area contributed by atoms with Gasteiger partial charge in [0.25, 0.3) is 0 Å². The van der Waals surface area contributed by atoms with Crippen LogP contribution < -0.4 is 5.32 Å². The first-order valence-electron chi connectivity index (χ1n) is 7.71. The summed E-state index contributed by atoms with van der Waals surface area (Å²) >= 11 is 0. The van der Waals surface area contributed by atoms with Gasteiger partial charge in [0.2, 0.25) is 0 Å². The molecule has 1 aliphatic carbocycles. The third-order valence-corrected chi connectivity index (χ3v) is 6.31. The van der Waals surface area contributed by atoms with Crippen molar-refractivity contribution in [2.24, 2.45) is 17.3 Å². The molecule has 1 aliphatic rings. The number of rotatable bonds is 7. The molecule has 1 rings (SSSR count). The first-order valence-corrected chi connectivity index (χ1v) is 9.53. The van der Waals surface area contributed by atoms with Crippen molar-refractivity contribution >= 4 is 9.84 Å². The average Bonchev–Trinajstić information content (AvgIpc) is 2.35. The molecule has 3 nitrogen and oxygen atoms in total. The molecule has 0 radical (unpaired) electrons. The number of nitrogens with one attached hydrogen (secondary N) is 1. The van der Waals surface area contributed by atoms with E-state index in [-0.39, 0.29) is 5.75 Å². The summed E-state index contributed by atoms with van der Waals surface area (Å²) in [6.07, 6.45) is 4.51. The fourth-order valence-electron chi connectivity index (χ4n) is 3.20. The molecule has 0 saturated heterocycles. The van der Waals surface area contributed by atoms with Crippen LogP contribution in [0.1, 0.15) is 53.4 Å². The fourth-order valence-corrected chi connectivity index (χ4v) is 4.15. The van der Waals surface area contributed by atoms with E-state index in [0.29, 0.717) is 23.0 Å². The van der Waals surface area contributed by atoms with E-state index in [1.165, 1.54) is 19.3 Å². The van der Waals surface area contributed by atoms with E-state index < -0.39 is 9.84 Å². The third kappa shape index (κ3) is 5.82. The predicted molar refractivity (Wildman–Crippen MR) is 82.1 cm³/mol. The minimum atomic E-state index is -2.82. The molecule has 2 atom stereocenters. The van der Waals surface area contributed by atoms with Gasteiger partial charge >= 0.3 is 0 Å². The van der Waals surface area contributed by atoms with E-state index >= 15 is 0 Å². The molecule has 2 unspecified atom stereocenters. The Labute approximate surface area is 119 Å². The lowest BCUT2D eigenvalue weighted by Gasteiger charge is -2.41. The van der Waals surface area contributed by atoms with Crippen molar-refractivity contribution < 1.29 is 8.42 Å². The van der Waals surface area contributed by atoms with Crippen LogP contribution in [0.25, 0.3) is 0 Å². The third-order valence-electron chi connectivity index (χ3n) is 4.57. The SMILES string of the molecule is CCNCC1CCC(C)(C)CC1CCS(=O)(=O)CC. The van der Waals surface area contributed by atoms with Crippen LogP contribution in [-0.2, 0) is 9.84 Å². The molecular formula is C15H31NO2S. The second kappa shape index (κ2) is 7.07. The van der Waals surface area contributed by atoms with Crippen molar-refractivity contribution in [1.29, 1.82) is 0 Å². The van der Waals surface area contributed by atoms with Crippen LogP contribution in [0.15, 0.2) is 0 Å². The molecular weight excluding hydrogens is 258 g/mol. The molecule has 0 aromatic heterocycles. The van der Waals surface area contributed by atoms with Gasteiger partial charge in [-0.25, -0.2) is 8.42 Å². The van der Waals surface area contributed by atoms with E-state index in [1.54, 1.807) is 6.92 Å². The number of sulfone groups is 1. The fraction of sp³-hybridized carbons (Fsp3) is 1.00. The van der Waals surface area contributed by atoms with E-state index in [4.69, 9.17) is 0 Å². The molecule has 1 fully saturated rings. The van der Waals surface area contributed by atoms with Gasteiger partial charge < -0.3 is 5.32 Å². The Kier molecular flexibility index (Phi) is 6.31. The molecule has 1 N–H and O–H groups in total. The Morgan fingerprint density at radius 3 is 2.47 bits per heavy atom. The van der Waals surface area contributed by atoms with Gasteiger partial charge in [-0.3, -0.25) is 0 Å². The van der Waals surface area contributed by atoms with E-state index in [9.17, 15) is 8.42 Å². The summed E-state index contributed by atoms with van der Waals surface area (Å²) in [7, 11) is -2.82. The Hall–Kier alpha value is -0.0900. The highest BCUT2D eigenvalue weighted by molar-refractivity contribution is 7.91. The van der Waals surface area contributed by atoms with Gasteiger partial charge in [-0.1, -0.05) is 27.7 Å². The molecule has 0 aromatic carbocycles. The van der Waals surface area contributed by atoms with Gasteiger partial charge in [0.1, 0.15) is 9.84 Å². The molecule has 0 bridgehead atoms. The standard InChI is InChI=1S/C15H31NO2S/c1-5-16-12-14-7-9-15(3,4)11-13(14)8-10-19(17,18)6-2/h13-14,16H,5-12H2,1-4H3. The van der Waals surface area contributed by atoms with Crippen LogP contribution in [0.5, 0.6) is 0 Å². The Morgan fingerprint density at radius 2 is 1.89 bits per heavy atom. The van der Waals surface area contributed by atoms with Gasteiger partial charge in [-0.05, 0) is 56.0 Å². The largest absolute Gasteiger partial charge is 0.317 e. The monoisotopic (exact) mass is 289 g/mol. The lowest BCUT2D eigenvalue weighted by atomic mass is 9.66. The molecule has 1 saturated carbocycles. The number of hydrogen-bond acceptors (Lipinski definition) is 3. The maximum Gasteiger partial charge on any atom is 0.150 e. The first kappa shape index (κ1) is 17.0. The summed E-state index contributed by atoms with van der Waals surface area (Å²) in [6, 6.07) is 0. The molecule has 4 heteroatoms. The van der Waals surface area contributed by atoms with E-state index in [2.05, 4.69) is 26.1 Å². The lowest BCUT2D eigenvalue weighted by Crippen LogP contribution is -2.36. The van der Waals surface area contributed by atoms with Gasteiger partial charge in [-0.15, -0.1) is 0 Å². The van der Waals surface area contributed by atoms with Gasteiger partial charge in [-0.2, -0.15) is 0 Å². The highest BCUT2D eigenvalue weighted by Gasteiger charge is 2.34. The highest BCUT2D eigenvalue weighted by atomic mass is 32.2. The Balaban J connectivity index is 2.61. The molecule has 0 aliphatic heterocycles. The van der Waals surface area contributed by atoms with Gasteiger partial charge in [0.05, 0.1) is 5.75 Å². The van der Waals surface area contributed by atoms with Crippen LogP contribution in [0, 0.1) is 17.3 Å². The quantitative estimate of drug-likeness (QED) is 0.784. The first-order chi connectivity index (χ1) is 8.79. The minimum absolute atomic E-state index is 0.279. The predicted octanol–water partition coefficient (Wildman–Crippen LogP) is 2.86. The lowest BCUT2D eigenvalue weighted by molar-refractivity contribution is 0.114. The number of hydrogen-bond donors (Lipinski definition) is 1. The summed E-state index contributed by atoms with van der Waals surface area (Å²) in [5.41, 5.74) is 0.378. The van der Waals surface area contributed by atoms with Gasteiger partial charge in [0.15, 0.2) is 0 Å². The van der Waals surface area contributed by atoms with E-state index in [0.717, 1.165) is 19.5 Å². The molecule has 0 aromatic rings. The van der Waals surface area contributed by atoms with Crippen LogP contribution in [0.3, 0.4) is 0 Å². The van der Waals surface area contributed by atoms with E-state index in [1.807, 2.05) is 0 Å². The second-order valence-electron chi connectivity index (χ2n) is 6.76. The summed E-state index contributed by atoms with van der Waals surface area (Å²) in [5, 5.41) is 3.44. The van der Waals surface area contributed by atoms with Crippen molar-refractivity contribution in [3.05, 3.63) is 0 Å². The van der Waals surface area contributed by atoms with Gasteiger partial charge in [0, 0.05) is 5.75 Å². The van der Waals surface area contributed by atoms with Crippen LogP contribution in [0.4, 0.5) is 0 Å². The summed E-state index contributed by atoms with van der Waals surface area (Å²) in [6.45, 7) is 10.6. The smallest absolute Gasteiger partial charge is 0.150 e. The summed E-state index contributed by atoms with van der Waals surface area (Å²) in [5.74, 6) is 1.86. The average molecular weight is 289 g/mol. The van der Waals surface area contributed by atoms with Crippen molar-refractivity contribution in [3.63, 3.8) is 0 Å². The summed E-state index contributed by atoms with van der Waals surface area (Å²) < 4.78 is 23.4. The second-order valence-corrected chi connectivity index (χ2v) is 9.23. The van der Waals surface area contributed by atoms with Crippen LogP contribution in [-0.4, -0.2) is 33.0 Å². The van der Waals surface area contributed by atoms with Crippen LogP contribution in [0.2, 0.25) is 0 Å². The molecule has 19 heavy (non-hydrogen) atoms. The normalized spacial score (nSPS) is 27.4. The zero-order chi connectivity index (χ0) is 14.5. The topological polar surface area (TPSA) is 46.2 Å². The Bertz CT molecular complexity index is 362. The maximum atomic E-state index is 11.7. The zero-order valence-electron chi connectivity index (χ0n) is 13.0. The maximum absolute atomic E-state index is 11.7. The zero-order valence-corrected chi connectivity index (χ0v) is 13.9. The minimum Gasteiger partial charge on any atom is -0.317 e. The summed E-state index contributed by atoms with van der Waals surface area (Å²) in [4.78, 5) is 0. The van der Waals surface area contributed by atoms with Crippen LogP contribution >= 0.6 is 0 Å². The van der Waals surface area contributed by atoms with Crippen molar-refractivity contribution in [3.8, 4) is 0 Å². The van der Waals surface area contributed by atoms with Crippen molar-refractivity contribution in [2.45, 2.75) is 53.4 Å². The van der Waals surface area contributed by atoms with Crippen molar-refractivity contribution in [1.82, 2.24) is 5.32 Å². The molecule has 0 spiro atoms. The van der Waals surface area contributed by atoms with Crippen molar-refractivity contribution in [2.75, 3.05) is 24.6 Å². The Morgan fingerprint density at radius 1 is 1.21 bits per heavy atom. The molecule has 0 heterocycles.